The Morgan fingerprint density at radius 2 is 1.57 bits per heavy atom. The number of carbonyl (C=O) groups excluding carboxylic acids is 2. The molecule has 0 aliphatic heterocycles. The number of rotatable bonds is 3. The Bertz CT molecular complexity index is 568. The summed E-state index contributed by atoms with van der Waals surface area (Å²) in [6.45, 7) is 0. The first-order valence-corrected chi connectivity index (χ1v) is 6.62. The number of aliphatic carboxylic acids is 1. The van der Waals surface area contributed by atoms with Gasteiger partial charge >= 0.3 is 5.97 Å². The first kappa shape index (κ1) is 14.8. The van der Waals surface area contributed by atoms with Crippen LogP contribution in [0.25, 0.3) is 0 Å². The molecule has 3 N–H and O–H groups in total. The summed E-state index contributed by atoms with van der Waals surface area (Å²) in [5.41, 5.74) is 5.01. The maximum absolute atomic E-state index is 12.0. The molecular weight excluding hydrogens is 272 g/mol. The Labute approximate surface area is 121 Å². The molecule has 0 heterocycles. The Morgan fingerprint density at radius 3 is 2.19 bits per heavy atom. The fraction of sp³-hybridized carbons (Fsp3) is 0.267. The number of nitrogens with one attached hydrogen (secondary N) is 2. The highest BCUT2D eigenvalue weighted by Gasteiger charge is 2.34. The first-order chi connectivity index (χ1) is 10.1. The van der Waals surface area contributed by atoms with Crippen LogP contribution in [-0.2, 0) is 9.59 Å². The maximum Gasteiger partial charge on any atom is 0.307 e. The van der Waals surface area contributed by atoms with E-state index in [2.05, 4.69) is 10.9 Å². The van der Waals surface area contributed by atoms with Crippen LogP contribution in [0.4, 0.5) is 0 Å². The van der Waals surface area contributed by atoms with Gasteiger partial charge in [0.2, 0.25) is 5.91 Å². The van der Waals surface area contributed by atoms with Gasteiger partial charge in [0.1, 0.15) is 0 Å². The van der Waals surface area contributed by atoms with E-state index in [9.17, 15) is 14.4 Å². The van der Waals surface area contributed by atoms with Crippen LogP contribution in [0.2, 0.25) is 0 Å². The fourth-order valence-electron chi connectivity index (χ4n) is 2.25. The highest BCUT2D eigenvalue weighted by atomic mass is 16.4. The van der Waals surface area contributed by atoms with E-state index < -0.39 is 29.6 Å². The molecule has 2 atom stereocenters. The van der Waals surface area contributed by atoms with Crippen molar-refractivity contribution >= 4 is 17.8 Å². The molecule has 110 valence electrons. The predicted octanol–water partition coefficient (Wildman–Crippen LogP) is 1.11. The highest BCUT2D eigenvalue weighted by Crippen LogP contribution is 2.25. The van der Waals surface area contributed by atoms with Crippen LogP contribution in [0.3, 0.4) is 0 Å². The molecule has 0 radical (unpaired) electrons. The standard InChI is InChI=1S/C15H16N2O4/c18-13(10-6-2-1-3-7-10)16-17-14(19)11-8-4-5-9-12(11)15(20)21/h1-7,11-12H,8-9H2,(H,16,18)(H,17,19)(H,20,21)/t11-,12-/m1/s1. The molecule has 2 rings (SSSR count). The van der Waals surface area contributed by atoms with Gasteiger partial charge < -0.3 is 5.11 Å². The van der Waals surface area contributed by atoms with Crippen molar-refractivity contribution in [2.45, 2.75) is 12.8 Å². The largest absolute Gasteiger partial charge is 0.481 e. The molecule has 0 fully saturated rings. The average molecular weight is 288 g/mol. The van der Waals surface area contributed by atoms with Crippen molar-refractivity contribution in [3.05, 3.63) is 48.0 Å². The summed E-state index contributed by atoms with van der Waals surface area (Å²) < 4.78 is 0. The maximum atomic E-state index is 12.0. The van der Waals surface area contributed by atoms with Crippen molar-refractivity contribution in [2.75, 3.05) is 0 Å². The van der Waals surface area contributed by atoms with Gasteiger partial charge in [0.05, 0.1) is 11.8 Å². The lowest BCUT2D eigenvalue weighted by atomic mass is 9.82. The van der Waals surface area contributed by atoms with Crippen LogP contribution in [-0.4, -0.2) is 22.9 Å². The fourth-order valence-corrected chi connectivity index (χ4v) is 2.25. The zero-order valence-corrected chi connectivity index (χ0v) is 11.3. The first-order valence-electron chi connectivity index (χ1n) is 6.62. The molecule has 1 aromatic carbocycles. The van der Waals surface area contributed by atoms with Crippen LogP contribution in [0, 0.1) is 11.8 Å². The average Bonchev–Trinajstić information content (AvgIpc) is 2.53. The lowest BCUT2D eigenvalue weighted by Crippen LogP contribution is -2.47. The van der Waals surface area contributed by atoms with E-state index in [0.717, 1.165) is 0 Å². The lowest BCUT2D eigenvalue weighted by Gasteiger charge is -2.24. The van der Waals surface area contributed by atoms with Crippen molar-refractivity contribution < 1.29 is 19.5 Å². The lowest BCUT2D eigenvalue weighted by molar-refractivity contribution is -0.147. The van der Waals surface area contributed by atoms with Gasteiger partial charge in [-0.25, -0.2) is 0 Å². The van der Waals surface area contributed by atoms with E-state index in [4.69, 9.17) is 5.11 Å². The Balaban J connectivity index is 1.94. The minimum Gasteiger partial charge on any atom is -0.481 e. The minimum atomic E-state index is -1.01. The summed E-state index contributed by atoms with van der Waals surface area (Å²) in [5, 5.41) is 9.11. The second kappa shape index (κ2) is 6.69. The number of benzene rings is 1. The van der Waals surface area contributed by atoms with Crippen LogP contribution in [0.1, 0.15) is 23.2 Å². The van der Waals surface area contributed by atoms with Gasteiger partial charge in [0.25, 0.3) is 5.91 Å². The monoisotopic (exact) mass is 288 g/mol. The third kappa shape index (κ3) is 3.68. The second-order valence-electron chi connectivity index (χ2n) is 4.80. The Morgan fingerprint density at radius 1 is 0.952 bits per heavy atom. The van der Waals surface area contributed by atoms with Crippen LogP contribution in [0.15, 0.2) is 42.5 Å². The zero-order valence-electron chi connectivity index (χ0n) is 11.3. The quantitative estimate of drug-likeness (QED) is 0.573. The molecule has 1 aromatic rings. The summed E-state index contributed by atoms with van der Waals surface area (Å²) in [4.78, 5) is 34.9. The summed E-state index contributed by atoms with van der Waals surface area (Å²) in [6.07, 6.45) is 4.21. The number of allylic oxidation sites excluding steroid dienone is 2. The van der Waals surface area contributed by atoms with E-state index in [1.54, 1.807) is 42.5 Å². The minimum absolute atomic E-state index is 0.319. The van der Waals surface area contributed by atoms with Gasteiger partial charge in [-0.15, -0.1) is 0 Å². The molecule has 6 nitrogen and oxygen atoms in total. The summed E-state index contributed by atoms with van der Waals surface area (Å²) >= 11 is 0. The number of carboxylic acids is 1. The molecule has 0 spiro atoms. The summed E-state index contributed by atoms with van der Waals surface area (Å²) in [5.74, 6) is -3.38. The normalized spacial score (nSPS) is 20.6. The van der Waals surface area contributed by atoms with E-state index in [-0.39, 0.29) is 0 Å². The van der Waals surface area contributed by atoms with Crippen molar-refractivity contribution in [2.24, 2.45) is 11.8 Å². The van der Waals surface area contributed by atoms with Crippen LogP contribution >= 0.6 is 0 Å². The van der Waals surface area contributed by atoms with Gasteiger partial charge in [0, 0.05) is 5.56 Å². The highest BCUT2D eigenvalue weighted by molar-refractivity contribution is 5.95. The zero-order chi connectivity index (χ0) is 15.2. The predicted molar refractivity (Wildman–Crippen MR) is 75.0 cm³/mol. The van der Waals surface area contributed by atoms with Gasteiger partial charge in [-0.2, -0.15) is 0 Å². The molecule has 0 saturated carbocycles. The van der Waals surface area contributed by atoms with E-state index in [1.807, 2.05) is 0 Å². The molecule has 6 heteroatoms. The van der Waals surface area contributed by atoms with E-state index >= 15 is 0 Å². The number of hydrogen-bond acceptors (Lipinski definition) is 3. The molecule has 2 amide bonds. The van der Waals surface area contributed by atoms with Crippen molar-refractivity contribution in [1.29, 1.82) is 0 Å². The Kier molecular flexibility index (Phi) is 4.71. The number of carboxylic acid groups (broad SMARTS) is 1. The van der Waals surface area contributed by atoms with E-state index in [1.165, 1.54) is 0 Å². The number of carbonyl (C=O) groups is 3. The molecule has 1 aliphatic rings. The summed E-state index contributed by atoms with van der Waals surface area (Å²) in [6, 6.07) is 8.43. The van der Waals surface area contributed by atoms with Crippen LogP contribution in [0.5, 0.6) is 0 Å². The van der Waals surface area contributed by atoms with Crippen molar-refractivity contribution in [1.82, 2.24) is 10.9 Å². The van der Waals surface area contributed by atoms with Crippen molar-refractivity contribution in [3.63, 3.8) is 0 Å². The van der Waals surface area contributed by atoms with Gasteiger partial charge in [-0.05, 0) is 25.0 Å². The molecule has 0 saturated heterocycles. The van der Waals surface area contributed by atoms with Gasteiger partial charge in [-0.1, -0.05) is 30.4 Å². The number of amides is 2. The Hall–Kier alpha value is -2.63. The molecule has 0 bridgehead atoms. The smallest absolute Gasteiger partial charge is 0.307 e. The number of hydrazine groups is 1. The molecule has 0 aromatic heterocycles. The molecule has 21 heavy (non-hydrogen) atoms. The third-order valence-electron chi connectivity index (χ3n) is 3.42. The number of hydrogen-bond donors (Lipinski definition) is 3. The third-order valence-corrected chi connectivity index (χ3v) is 3.42. The SMILES string of the molecule is O=C(NNC(=O)[C@@H]1CC=CC[C@H]1C(=O)O)c1ccccc1. The molecule has 1 aliphatic carbocycles. The topological polar surface area (TPSA) is 95.5 Å². The van der Waals surface area contributed by atoms with Crippen LogP contribution < -0.4 is 10.9 Å². The van der Waals surface area contributed by atoms with Crippen molar-refractivity contribution in [3.8, 4) is 0 Å². The second-order valence-corrected chi connectivity index (χ2v) is 4.80. The molecular formula is C15H16N2O4. The van der Waals surface area contributed by atoms with Gasteiger partial charge in [0.15, 0.2) is 0 Å². The van der Waals surface area contributed by atoms with Gasteiger partial charge in [-0.3, -0.25) is 25.2 Å². The molecule has 0 unspecified atom stereocenters. The van der Waals surface area contributed by atoms with E-state index in [0.29, 0.717) is 18.4 Å². The summed E-state index contributed by atoms with van der Waals surface area (Å²) in [7, 11) is 0.